The van der Waals surface area contributed by atoms with Crippen LogP contribution in [-0.2, 0) is 9.84 Å². The number of nitrogens with one attached hydrogen (secondary N) is 1. The second-order valence-electron chi connectivity index (χ2n) is 5.20. The van der Waals surface area contributed by atoms with Crippen molar-refractivity contribution >= 4 is 27.1 Å². The lowest BCUT2D eigenvalue weighted by molar-refractivity contribution is 0.0953. The molecule has 0 saturated heterocycles. The number of hydrogen-bond acceptors (Lipinski definition) is 6. The Morgan fingerprint density at radius 3 is 2.52 bits per heavy atom. The van der Waals surface area contributed by atoms with Gasteiger partial charge in [0.1, 0.15) is 9.46 Å². The van der Waals surface area contributed by atoms with E-state index in [4.69, 9.17) is 0 Å². The summed E-state index contributed by atoms with van der Waals surface area (Å²) in [4.78, 5) is 20.1. The second kappa shape index (κ2) is 7.54. The van der Waals surface area contributed by atoms with Gasteiger partial charge in [-0.1, -0.05) is 12.1 Å². The van der Waals surface area contributed by atoms with E-state index in [1.54, 1.807) is 48.0 Å². The number of nitrogens with zero attached hydrogens (tertiary/aromatic N) is 2. The molecular formula is C17H15N3O3S2. The predicted octanol–water partition coefficient (Wildman–Crippen LogP) is 2.48. The van der Waals surface area contributed by atoms with Crippen molar-refractivity contribution in [3.8, 4) is 0 Å². The van der Waals surface area contributed by atoms with Crippen LogP contribution in [0.5, 0.6) is 0 Å². The Morgan fingerprint density at radius 1 is 1.08 bits per heavy atom. The van der Waals surface area contributed by atoms with Crippen LogP contribution >= 0.6 is 11.3 Å². The highest BCUT2D eigenvalue weighted by molar-refractivity contribution is 7.93. The van der Waals surface area contributed by atoms with E-state index in [1.807, 2.05) is 0 Å². The molecule has 128 valence electrons. The first kappa shape index (κ1) is 17.2. The molecule has 25 heavy (non-hydrogen) atoms. The van der Waals surface area contributed by atoms with Crippen molar-refractivity contribution < 1.29 is 13.2 Å². The van der Waals surface area contributed by atoms with Gasteiger partial charge in [0, 0.05) is 36.9 Å². The van der Waals surface area contributed by atoms with Crippen LogP contribution in [0.15, 0.2) is 70.8 Å². The maximum absolute atomic E-state index is 13.0. The molecule has 0 aliphatic carbocycles. The van der Waals surface area contributed by atoms with E-state index >= 15 is 0 Å². The molecule has 0 spiro atoms. The van der Waals surface area contributed by atoms with Crippen LogP contribution in [-0.4, -0.2) is 30.8 Å². The second-order valence-corrected chi connectivity index (χ2v) is 8.50. The molecule has 3 aromatic heterocycles. The third-order valence-electron chi connectivity index (χ3n) is 3.60. The fraction of sp³-hybridized carbons (Fsp3) is 0.118. The van der Waals surface area contributed by atoms with Gasteiger partial charge in [-0.15, -0.1) is 11.3 Å². The summed E-state index contributed by atoms with van der Waals surface area (Å²) >= 11 is 1.15. The first-order valence-corrected chi connectivity index (χ1v) is 9.87. The Kier molecular flexibility index (Phi) is 5.20. The number of pyridine rings is 2. The van der Waals surface area contributed by atoms with Gasteiger partial charge in [-0.05, 0) is 35.2 Å². The lowest BCUT2D eigenvalue weighted by Gasteiger charge is -2.17. The zero-order chi connectivity index (χ0) is 17.7. The van der Waals surface area contributed by atoms with Gasteiger partial charge in [-0.2, -0.15) is 0 Å². The minimum Gasteiger partial charge on any atom is -0.350 e. The predicted molar refractivity (Wildman–Crippen MR) is 95.1 cm³/mol. The summed E-state index contributed by atoms with van der Waals surface area (Å²) in [5.41, 5.74) is 0.958. The zero-order valence-corrected chi connectivity index (χ0v) is 14.7. The lowest BCUT2D eigenvalue weighted by Crippen LogP contribution is -2.31. The van der Waals surface area contributed by atoms with Crippen LogP contribution in [0, 0.1) is 0 Å². The van der Waals surface area contributed by atoms with Crippen molar-refractivity contribution in [1.29, 1.82) is 0 Å². The standard InChI is InChI=1S/C17H15N3O3S2/c21-17(13-5-8-18-9-6-13)20-12-15(14-3-1-7-19-11-14)25(22,23)16-4-2-10-24-16/h1-11,15H,12H2,(H,20,21). The SMILES string of the molecule is O=C(NCC(c1cccnc1)S(=O)(=O)c1cccs1)c1ccncc1. The summed E-state index contributed by atoms with van der Waals surface area (Å²) < 4.78 is 26.2. The Balaban J connectivity index is 1.87. The summed E-state index contributed by atoms with van der Waals surface area (Å²) in [7, 11) is -3.64. The van der Waals surface area contributed by atoms with E-state index in [1.165, 1.54) is 18.6 Å². The summed E-state index contributed by atoms with van der Waals surface area (Å²) in [5, 5.41) is 3.50. The number of carbonyl (C=O) groups excluding carboxylic acids is 1. The molecule has 0 aliphatic heterocycles. The van der Waals surface area contributed by atoms with Gasteiger partial charge >= 0.3 is 0 Å². The fourth-order valence-electron chi connectivity index (χ4n) is 2.33. The van der Waals surface area contributed by atoms with Crippen LogP contribution in [0.3, 0.4) is 0 Å². The van der Waals surface area contributed by atoms with Crippen molar-refractivity contribution in [2.75, 3.05) is 6.54 Å². The third-order valence-corrected chi connectivity index (χ3v) is 7.13. The number of carbonyl (C=O) groups is 1. The minimum atomic E-state index is -3.64. The summed E-state index contributed by atoms with van der Waals surface area (Å²) in [6.07, 6.45) is 6.11. The van der Waals surface area contributed by atoms with E-state index in [0.29, 0.717) is 11.1 Å². The Morgan fingerprint density at radius 2 is 1.88 bits per heavy atom. The molecule has 3 aromatic rings. The third kappa shape index (κ3) is 3.92. The monoisotopic (exact) mass is 373 g/mol. The molecule has 0 radical (unpaired) electrons. The molecule has 6 nitrogen and oxygen atoms in total. The average molecular weight is 373 g/mol. The highest BCUT2D eigenvalue weighted by Crippen LogP contribution is 2.30. The van der Waals surface area contributed by atoms with Gasteiger partial charge < -0.3 is 5.32 Å². The fourth-order valence-corrected chi connectivity index (χ4v) is 5.18. The van der Waals surface area contributed by atoms with Crippen molar-refractivity contribution in [3.05, 3.63) is 77.7 Å². The molecule has 0 saturated carbocycles. The first-order chi connectivity index (χ1) is 12.1. The molecule has 0 aliphatic rings. The Bertz CT molecular complexity index is 928. The van der Waals surface area contributed by atoms with Crippen LogP contribution < -0.4 is 5.32 Å². The van der Waals surface area contributed by atoms with Crippen LogP contribution in [0.4, 0.5) is 0 Å². The zero-order valence-electron chi connectivity index (χ0n) is 13.1. The highest BCUT2D eigenvalue weighted by atomic mass is 32.2. The summed E-state index contributed by atoms with van der Waals surface area (Å²) in [6, 6.07) is 9.77. The van der Waals surface area contributed by atoms with Crippen LogP contribution in [0.1, 0.15) is 21.2 Å². The average Bonchev–Trinajstić information content (AvgIpc) is 3.19. The van der Waals surface area contributed by atoms with Crippen molar-refractivity contribution in [3.63, 3.8) is 0 Å². The van der Waals surface area contributed by atoms with Crippen molar-refractivity contribution in [1.82, 2.24) is 15.3 Å². The van der Waals surface area contributed by atoms with E-state index in [0.717, 1.165) is 11.3 Å². The smallest absolute Gasteiger partial charge is 0.251 e. The minimum absolute atomic E-state index is 0.0485. The number of hydrogen-bond donors (Lipinski definition) is 1. The topological polar surface area (TPSA) is 89.0 Å². The number of aromatic nitrogens is 2. The van der Waals surface area contributed by atoms with Crippen LogP contribution in [0.25, 0.3) is 0 Å². The van der Waals surface area contributed by atoms with Gasteiger partial charge in [-0.3, -0.25) is 14.8 Å². The van der Waals surface area contributed by atoms with E-state index in [9.17, 15) is 13.2 Å². The molecule has 0 bridgehead atoms. The van der Waals surface area contributed by atoms with Gasteiger partial charge in [0.05, 0.1) is 0 Å². The quantitative estimate of drug-likeness (QED) is 0.717. The maximum atomic E-state index is 13.0. The van der Waals surface area contributed by atoms with Gasteiger partial charge in [0.25, 0.3) is 5.91 Å². The van der Waals surface area contributed by atoms with E-state index in [2.05, 4.69) is 15.3 Å². The van der Waals surface area contributed by atoms with E-state index in [-0.39, 0.29) is 16.7 Å². The van der Waals surface area contributed by atoms with Crippen molar-refractivity contribution in [2.45, 2.75) is 9.46 Å². The van der Waals surface area contributed by atoms with Gasteiger partial charge in [-0.25, -0.2) is 8.42 Å². The lowest BCUT2D eigenvalue weighted by atomic mass is 10.2. The molecule has 0 fully saturated rings. The molecule has 1 atom stereocenters. The number of rotatable bonds is 6. The Hall–Kier alpha value is -2.58. The molecule has 1 N–H and O–H groups in total. The highest BCUT2D eigenvalue weighted by Gasteiger charge is 2.30. The van der Waals surface area contributed by atoms with E-state index < -0.39 is 15.1 Å². The van der Waals surface area contributed by atoms with Crippen molar-refractivity contribution in [2.24, 2.45) is 0 Å². The van der Waals surface area contributed by atoms with Gasteiger partial charge in [0.15, 0.2) is 9.84 Å². The Labute approximate surface area is 149 Å². The molecule has 0 aromatic carbocycles. The first-order valence-electron chi connectivity index (χ1n) is 7.44. The molecule has 3 heterocycles. The maximum Gasteiger partial charge on any atom is 0.251 e. The van der Waals surface area contributed by atoms with Gasteiger partial charge in [0.2, 0.25) is 0 Å². The molecule has 1 unspecified atom stereocenters. The molecule has 3 rings (SSSR count). The normalized spacial score (nSPS) is 12.5. The molecular weight excluding hydrogens is 358 g/mol. The number of amides is 1. The number of sulfone groups is 1. The molecule has 1 amide bonds. The summed E-state index contributed by atoms with van der Waals surface area (Å²) in [6.45, 7) is -0.0485. The van der Waals surface area contributed by atoms with Crippen LogP contribution in [0.2, 0.25) is 0 Å². The molecule has 8 heteroatoms. The summed E-state index contributed by atoms with van der Waals surface area (Å²) in [5.74, 6) is -0.349. The largest absolute Gasteiger partial charge is 0.350 e. The number of thiophene rings is 1.